The Kier molecular flexibility index (Phi) is 7.98. The molecule has 0 saturated heterocycles. The highest BCUT2D eigenvalue weighted by Gasteiger charge is 2.32. The van der Waals surface area contributed by atoms with Crippen molar-refractivity contribution in [2.24, 2.45) is 29.1 Å². The van der Waals surface area contributed by atoms with Crippen LogP contribution in [0.3, 0.4) is 0 Å². The van der Waals surface area contributed by atoms with Gasteiger partial charge in [-0.2, -0.15) is 0 Å². The molecule has 1 saturated carbocycles. The van der Waals surface area contributed by atoms with Crippen molar-refractivity contribution in [1.29, 1.82) is 0 Å². The van der Waals surface area contributed by atoms with Crippen LogP contribution >= 0.6 is 11.3 Å². The molecule has 25 heavy (non-hydrogen) atoms. The predicted molar refractivity (Wildman–Crippen MR) is 112 cm³/mol. The Balaban J connectivity index is 1.58. The van der Waals surface area contributed by atoms with Crippen molar-refractivity contribution < 1.29 is 0 Å². The van der Waals surface area contributed by atoms with Crippen LogP contribution in [0.4, 0.5) is 0 Å². The minimum absolute atomic E-state index is 0.522. The van der Waals surface area contributed by atoms with E-state index < -0.39 is 0 Å². The van der Waals surface area contributed by atoms with Gasteiger partial charge < -0.3 is 0 Å². The van der Waals surface area contributed by atoms with Gasteiger partial charge in [0.15, 0.2) is 0 Å². The summed E-state index contributed by atoms with van der Waals surface area (Å²) < 4.78 is 0. The molecule has 0 N–H and O–H groups in total. The zero-order valence-electron chi connectivity index (χ0n) is 17.6. The van der Waals surface area contributed by atoms with E-state index in [-0.39, 0.29) is 0 Å². The first kappa shape index (κ1) is 20.9. The molecule has 144 valence electrons. The fourth-order valence-electron chi connectivity index (χ4n) is 4.14. The lowest BCUT2D eigenvalue weighted by atomic mass is 9.66. The SMILES string of the molecule is CC(C)Cc1csc(CCCCC(C)(C)CCC2CC(C(C)C)C2)n1. The number of aromatic nitrogens is 1. The predicted octanol–water partition coefficient (Wildman–Crippen LogP) is 7.54. The summed E-state index contributed by atoms with van der Waals surface area (Å²) >= 11 is 1.87. The number of aryl methyl sites for hydroxylation is 1. The number of unbranched alkanes of at least 4 members (excludes halogenated alkanes) is 1. The first-order valence-electron chi connectivity index (χ1n) is 10.7. The van der Waals surface area contributed by atoms with Gasteiger partial charge in [-0.25, -0.2) is 4.98 Å². The molecule has 1 fully saturated rings. The first-order valence-corrected chi connectivity index (χ1v) is 11.6. The van der Waals surface area contributed by atoms with Gasteiger partial charge in [0.1, 0.15) is 0 Å². The second-order valence-corrected chi connectivity index (χ2v) is 11.0. The first-order chi connectivity index (χ1) is 11.7. The molecule has 0 bridgehead atoms. The molecule has 2 heteroatoms. The summed E-state index contributed by atoms with van der Waals surface area (Å²) in [5, 5.41) is 3.62. The maximum absolute atomic E-state index is 4.80. The van der Waals surface area contributed by atoms with Crippen LogP contribution in [0, 0.1) is 29.1 Å². The minimum atomic E-state index is 0.522. The normalized spacial score (nSPS) is 21.1. The largest absolute Gasteiger partial charge is 0.246 e. The highest BCUT2D eigenvalue weighted by molar-refractivity contribution is 7.09. The van der Waals surface area contributed by atoms with Crippen LogP contribution in [0.1, 0.15) is 97.2 Å². The third-order valence-corrected chi connectivity index (χ3v) is 7.11. The van der Waals surface area contributed by atoms with Gasteiger partial charge in [0.05, 0.1) is 10.7 Å². The van der Waals surface area contributed by atoms with E-state index in [1.165, 1.54) is 62.1 Å². The molecule has 1 aromatic rings. The Labute approximate surface area is 161 Å². The van der Waals surface area contributed by atoms with Crippen molar-refractivity contribution in [2.45, 2.75) is 99.3 Å². The van der Waals surface area contributed by atoms with Crippen LogP contribution in [0.15, 0.2) is 5.38 Å². The average molecular weight is 364 g/mol. The van der Waals surface area contributed by atoms with Gasteiger partial charge >= 0.3 is 0 Å². The number of nitrogens with zero attached hydrogens (tertiary/aromatic N) is 1. The molecule has 0 unspecified atom stereocenters. The van der Waals surface area contributed by atoms with Crippen LogP contribution in [0.2, 0.25) is 0 Å². The Morgan fingerprint density at radius 2 is 1.84 bits per heavy atom. The van der Waals surface area contributed by atoms with E-state index in [9.17, 15) is 0 Å². The quantitative estimate of drug-likeness (QED) is 0.370. The third kappa shape index (κ3) is 7.41. The van der Waals surface area contributed by atoms with Crippen LogP contribution < -0.4 is 0 Å². The highest BCUT2D eigenvalue weighted by Crippen LogP contribution is 2.43. The van der Waals surface area contributed by atoms with Gasteiger partial charge in [0.25, 0.3) is 0 Å². The second kappa shape index (κ2) is 9.53. The van der Waals surface area contributed by atoms with Crippen molar-refractivity contribution in [1.82, 2.24) is 4.98 Å². The van der Waals surface area contributed by atoms with E-state index in [4.69, 9.17) is 4.98 Å². The van der Waals surface area contributed by atoms with E-state index in [1.807, 2.05) is 11.3 Å². The molecule has 0 radical (unpaired) electrons. The molecular weight excluding hydrogens is 322 g/mol. The van der Waals surface area contributed by atoms with Gasteiger partial charge in [-0.05, 0) is 80.5 Å². The van der Waals surface area contributed by atoms with Crippen LogP contribution in [0.25, 0.3) is 0 Å². The fraction of sp³-hybridized carbons (Fsp3) is 0.870. The van der Waals surface area contributed by atoms with E-state index in [2.05, 4.69) is 46.9 Å². The molecule has 1 heterocycles. The fourth-order valence-corrected chi connectivity index (χ4v) is 5.00. The van der Waals surface area contributed by atoms with Crippen LogP contribution in [-0.4, -0.2) is 4.98 Å². The number of rotatable bonds is 11. The molecule has 1 aliphatic carbocycles. The summed E-state index contributed by atoms with van der Waals surface area (Å²) in [7, 11) is 0. The number of thiazole rings is 1. The van der Waals surface area contributed by atoms with Gasteiger partial charge in [-0.1, -0.05) is 48.0 Å². The van der Waals surface area contributed by atoms with Crippen molar-refractivity contribution in [3.63, 3.8) is 0 Å². The Bertz CT molecular complexity index is 494. The zero-order valence-corrected chi connectivity index (χ0v) is 18.4. The van der Waals surface area contributed by atoms with Crippen LogP contribution in [0.5, 0.6) is 0 Å². The lowest BCUT2D eigenvalue weighted by Crippen LogP contribution is -2.28. The molecule has 0 aromatic carbocycles. The summed E-state index contributed by atoms with van der Waals surface area (Å²) in [5.41, 5.74) is 1.82. The molecule has 0 amide bonds. The number of hydrogen-bond acceptors (Lipinski definition) is 2. The van der Waals surface area contributed by atoms with Gasteiger partial charge in [-0.3, -0.25) is 0 Å². The summed E-state index contributed by atoms with van der Waals surface area (Å²) in [5.74, 6) is 3.66. The zero-order chi connectivity index (χ0) is 18.4. The molecule has 1 aliphatic rings. The summed E-state index contributed by atoms with van der Waals surface area (Å²) in [6, 6.07) is 0. The van der Waals surface area contributed by atoms with Gasteiger partial charge in [0.2, 0.25) is 0 Å². The van der Waals surface area contributed by atoms with Crippen molar-refractivity contribution in [3.05, 3.63) is 16.1 Å². The lowest BCUT2D eigenvalue weighted by Gasteiger charge is -2.39. The summed E-state index contributed by atoms with van der Waals surface area (Å²) in [4.78, 5) is 4.80. The van der Waals surface area contributed by atoms with Crippen LogP contribution in [-0.2, 0) is 12.8 Å². The van der Waals surface area contributed by atoms with E-state index >= 15 is 0 Å². The Morgan fingerprint density at radius 1 is 1.12 bits per heavy atom. The molecule has 1 aromatic heterocycles. The highest BCUT2D eigenvalue weighted by atomic mass is 32.1. The minimum Gasteiger partial charge on any atom is -0.246 e. The Morgan fingerprint density at radius 3 is 2.48 bits per heavy atom. The molecule has 1 nitrogen and oxygen atoms in total. The summed E-state index contributed by atoms with van der Waals surface area (Å²) in [6.07, 6.45) is 12.2. The lowest BCUT2D eigenvalue weighted by molar-refractivity contribution is 0.116. The van der Waals surface area contributed by atoms with Crippen molar-refractivity contribution in [3.8, 4) is 0 Å². The van der Waals surface area contributed by atoms with E-state index in [0.29, 0.717) is 11.3 Å². The molecule has 2 rings (SSSR count). The smallest absolute Gasteiger partial charge is 0.0928 e. The van der Waals surface area contributed by atoms with E-state index in [1.54, 1.807) is 0 Å². The topological polar surface area (TPSA) is 12.9 Å². The molecule has 0 atom stereocenters. The molecule has 0 spiro atoms. The summed E-state index contributed by atoms with van der Waals surface area (Å²) in [6.45, 7) is 14.3. The monoisotopic (exact) mass is 363 g/mol. The van der Waals surface area contributed by atoms with E-state index in [0.717, 1.165) is 24.2 Å². The van der Waals surface area contributed by atoms with Crippen molar-refractivity contribution >= 4 is 11.3 Å². The van der Waals surface area contributed by atoms with Crippen molar-refractivity contribution in [2.75, 3.05) is 0 Å². The van der Waals surface area contributed by atoms with Gasteiger partial charge in [-0.15, -0.1) is 11.3 Å². The molecule has 0 aliphatic heterocycles. The average Bonchev–Trinajstić information content (AvgIpc) is 2.88. The maximum Gasteiger partial charge on any atom is 0.0928 e. The Hall–Kier alpha value is -0.370. The number of hydrogen-bond donors (Lipinski definition) is 0. The third-order valence-electron chi connectivity index (χ3n) is 6.16. The molecular formula is C23H41NS. The maximum atomic E-state index is 4.80. The second-order valence-electron chi connectivity index (χ2n) is 10.1. The van der Waals surface area contributed by atoms with Gasteiger partial charge in [0, 0.05) is 5.38 Å². The standard InChI is InChI=1S/C23H41NS/c1-17(2)13-21-16-25-22(24-21)9-7-8-11-23(5,6)12-10-19-14-20(15-19)18(3)4/h16-20H,7-15H2,1-6H3.